The number of oxime groups is 1. The SMILES string of the molecule is O=C(C1=NOOC=C1)c1ccccc1O. The molecule has 0 fully saturated rings. The number of phenolic OH excluding ortho intramolecular Hbond substituents is 1. The molecule has 1 aliphatic rings. The number of ketones is 1. The van der Waals surface area contributed by atoms with Crippen LogP contribution in [-0.4, -0.2) is 16.6 Å². The topological polar surface area (TPSA) is 68.1 Å². The maximum atomic E-state index is 11.7. The molecular formula is C10H7NO4. The van der Waals surface area contributed by atoms with E-state index in [0.717, 1.165) is 0 Å². The summed E-state index contributed by atoms with van der Waals surface area (Å²) < 4.78 is 0. The van der Waals surface area contributed by atoms with E-state index in [1.807, 2.05) is 0 Å². The first-order valence-electron chi connectivity index (χ1n) is 4.19. The summed E-state index contributed by atoms with van der Waals surface area (Å²) in [6.07, 6.45) is 2.55. The van der Waals surface area contributed by atoms with Gasteiger partial charge in [0.2, 0.25) is 5.78 Å². The Morgan fingerprint density at radius 3 is 2.80 bits per heavy atom. The van der Waals surface area contributed by atoms with Gasteiger partial charge in [-0.2, -0.15) is 4.99 Å². The van der Waals surface area contributed by atoms with Crippen LogP contribution in [0.1, 0.15) is 10.4 Å². The number of rotatable bonds is 2. The fourth-order valence-corrected chi connectivity index (χ4v) is 1.13. The largest absolute Gasteiger partial charge is 0.507 e. The molecule has 0 unspecified atom stereocenters. The minimum Gasteiger partial charge on any atom is -0.507 e. The van der Waals surface area contributed by atoms with Gasteiger partial charge in [-0.25, -0.2) is 0 Å². The zero-order valence-electron chi connectivity index (χ0n) is 7.58. The maximum absolute atomic E-state index is 11.7. The van der Waals surface area contributed by atoms with E-state index in [2.05, 4.69) is 15.0 Å². The average Bonchev–Trinajstić information content (AvgIpc) is 2.30. The first-order chi connectivity index (χ1) is 7.29. The second kappa shape index (κ2) is 3.83. The molecule has 1 heterocycles. The van der Waals surface area contributed by atoms with Crippen molar-refractivity contribution in [3.05, 3.63) is 42.2 Å². The lowest BCUT2D eigenvalue weighted by Crippen LogP contribution is -2.14. The van der Waals surface area contributed by atoms with Crippen molar-refractivity contribution >= 4 is 11.5 Å². The third-order valence-corrected chi connectivity index (χ3v) is 1.84. The molecule has 76 valence electrons. The molecule has 0 bridgehead atoms. The molecule has 1 aromatic rings. The van der Waals surface area contributed by atoms with Gasteiger partial charge in [-0.05, 0) is 17.3 Å². The van der Waals surface area contributed by atoms with Gasteiger partial charge in [0.05, 0.1) is 5.56 Å². The number of nitrogens with zero attached hydrogens (tertiary/aromatic N) is 1. The van der Waals surface area contributed by atoms with Gasteiger partial charge in [0.1, 0.15) is 12.0 Å². The number of carbonyl (C=O) groups excluding carboxylic acids is 1. The van der Waals surface area contributed by atoms with Crippen LogP contribution in [0.5, 0.6) is 5.75 Å². The Morgan fingerprint density at radius 1 is 1.33 bits per heavy atom. The second-order valence-electron chi connectivity index (χ2n) is 2.80. The molecule has 0 spiro atoms. The van der Waals surface area contributed by atoms with Crippen LogP contribution in [0.15, 0.2) is 41.8 Å². The van der Waals surface area contributed by atoms with Gasteiger partial charge in [0.25, 0.3) is 0 Å². The number of hydrogen-bond acceptors (Lipinski definition) is 5. The number of allylic oxidation sites excluding steroid dienone is 1. The molecule has 5 heteroatoms. The lowest BCUT2D eigenvalue weighted by molar-refractivity contribution is -0.251. The molecule has 2 rings (SSSR count). The summed E-state index contributed by atoms with van der Waals surface area (Å²) in [6, 6.07) is 6.21. The summed E-state index contributed by atoms with van der Waals surface area (Å²) in [4.78, 5) is 20.3. The summed E-state index contributed by atoms with van der Waals surface area (Å²) in [6.45, 7) is 0. The zero-order chi connectivity index (χ0) is 10.7. The van der Waals surface area contributed by atoms with Crippen LogP contribution in [0.3, 0.4) is 0 Å². The van der Waals surface area contributed by atoms with Crippen molar-refractivity contribution in [3.63, 3.8) is 0 Å². The van der Waals surface area contributed by atoms with Gasteiger partial charge in [-0.15, -0.1) is 0 Å². The Bertz CT molecular complexity index is 450. The summed E-state index contributed by atoms with van der Waals surface area (Å²) in [7, 11) is 0. The van der Waals surface area contributed by atoms with Gasteiger partial charge in [0.15, 0.2) is 5.71 Å². The number of aromatic hydroxyl groups is 1. The van der Waals surface area contributed by atoms with Crippen LogP contribution in [0.4, 0.5) is 0 Å². The normalized spacial score (nSPS) is 13.7. The highest BCUT2D eigenvalue weighted by Gasteiger charge is 2.17. The standard InChI is InChI=1S/C10H7NO4/c12-9-4-2-1-3-7(9)10(13)8-5-6-14-15-11-8/h1-6,12H. The van der Waals surface area contributed by atoms with Crippen LogP contribution in [0, 0.1) is 0 Å². The van der Waals surface area contributed by atoms with Crippen LogP contribution < -0.4 is 0 Å². The first-order valence-corrected chi connectivity index (χ1v) is 4.19. The Morgan fingerprint density at radius 2 is 2.13 bits per heavy atom. The van der Waals surface area contributed by atoms with E-state index in [1.54, 1.807) is 12.1 Å². The predicted octanol–water partition coefficient (Wildman–Crippen LogP) is 1.41. The number of carbonyl (C=O) groups is 1. The monoisotopic (exact) mass is 205 g/mol. The summed E-state index contributed by atoms with van der Waals surface area (Å²) >= 11 is 0. The van der Waals surface area contributed by atoms with Gasteiger partial charge in [-0.1, -0.05) is 12.1 Å². The highest BCUT2D eigenvalue weighted by molar-refractivity contribution is 6.50. The van der Waals surface area contributed by atoms with Crippen LogP contribution in [-0.2, 0) is 9.88 Å². The van der Waals surface area contributed by atoms with E-state index in [4.69, 9.17) is 0 Å². The maximum Gasteiger partial charge on any atom is 0.218 e. The molecule has 0 amide bonds. The Kier molecular flexibility index (Phi) is 2.37. The number of benzene rings is 1. The van der Waals surface area contributed by atoms with Crippen LogP contribution in [0.2, 0.25) is 0 Å². The quantitative estimate of drug-likeness (QED) is 0.585. The van der Waals surface area contributed by atoms with E-state index in [1.165, 1.54) is 24.5 Å². The smallest absolute Gasteiger partial charge is 0.218 e. The van der Waals surface area contributed by atoms with E-state index >= 15 is 0 Å². The van der Waals surface area contributed by atoms with Crippen molar-refractivity contribution in [2.24, 2.45) is 5.16 Å². The number of hydrogen-bond donors (Lipinski definition) is 1. The molecule has 5 nitrogen and oxygen atoms in total. The minimum atomic E-state index is -0.423. The lowest BCUT2D eigenvalue weighted by atomic mass is 10.1. The molecule has 0 saturated carbocycles. The fourth-order valence-electron chi connectivity index (χ4n) is 1.13. The molecule has 0 radical (unpaired) electrons. The molecule has 1 N–H and O–H groups in total. The average molecular weight is 205 g/mol. The van der Waals surface area contributed by atoms with Crippen molar-refractivity contribution in [3.8, 4) is 5.75 Å². The van der Waals surface area contributed by atoms with E-state index < -0.39 is 5.78 Å². The summed E-state index contributed by atoms with van der Waals surface area (Å²) in [5.74, 6) is -0.516. The van der Waals surface area contributed by atoms with Gasteiger partial charge in [-0.3, -0.25) is 9.68 Å². The Hall–Kier alpha value is -2.30. The highest BCUT2D eigenvalue weighted by Crippen LogP contribution is 2.17. The number of phenols is 1. The first kappa shape index (κ1) is 9.26. The second-order valence-corrected chi connectivity index (χ2v) is 2.80. The third kappa shape index (κ3) is 1.80. The molecule has 0 aromatic heterocycles. The lowest BCUT2D eigenvalue weighted by Gasteiger charge is -2.05. The molecular weight excluding hydrogens is 198 g/mol. The highest BCUT2D eigenvalue weighted by atomic mass is 17.3. The molecule has 15 heavy (non-hydrogen) atoms. The summed E-state index contributed by atoms with van der Waals surface area (Å²) in [5.41, 5.74) is 0.245. The fraction of sp³-hybridized carbons (Fsp3) is 0. The van der Waals surface area contributed by atoms with E-state index in [0.29, 0.717) is 0 Å². The molecule has 0 aliphatic carbocycles. The Balaban J connectivity index is 2.32. The molecule has 1 aliphatic heterocycles. The van der Waals surface area contributed by atoms with Crippen molar-refractivity contribution < 1.29 is 19.8 Å². The van der Waals surface area contributed by atoms with Gasteiger partial charge in [0, 0.05) is 6.08 Å². The van der Waals surface area contributed by atoms with Gasteiger partial charge >= 0.3 is 0 Å². The zero-order valence-corrected chi connectivity index (χ0v) is 7.58. The van der Waals surface area contributed by atoms with E-state index in [-0.39, 0.29) is 17.0 Å². The minimum absolute atomic E-state index is 0.0720. The van der Waals surface area contributed by atoms with Gasteiger partial charge < -0.3 is 5.11 Å². The van der Waals surface area contributed by atoms with E-state index in [9.17, 15) is 9.90 Å². The number of para-hydroxylation sites is 1. The Labute approximate surface area is 85.2 Å². The predicted molar refractivity (Wildman–Crippen MR) is 51.2 cm³/mol. The van der Waals surface area contributed by atoms with Crippen molar-refractivity contribution in [1.82, 2.24) is 0 Å². The molecule has 0 saturated heterocycles. The third-order valence-electron chi connectivity index (χ3n) is 1.84. The molecule has 1 aromatic carbocycles. The van der Waals surface area contributed by atoms with Crippen LogP contribution >= 0.6 is 0 Å². The molecule has 0 atom stereocenters. The van der Waals surface area contributed by atoms with Crippen molar-refractivity contribution in [2.45, 2.75) is 0 Å². The van der Waals surface area contributed by atoms with Crippen molar-refractivity contribution in [1.29, 1.82) is 0 Å². The summed E-state index contributed by atoms with van der Waals surface area (Å²) in [5, 5.41) is 12.8. The van der Waals surface area contributed by atoms with Crippen LogP contribution in [0.25, 0.3) is 0 Å². The van der Waals surface area contributed by atoms with Crippen molar-refractivity contribution in [2.75, 3.05) is 0 Å². The number of Topliss-reactive ketones (excluding diaryl/α,β-unsaturated/α-hetero) is 1.